The minimum absolute atomic E-state index is 0.139. The molecular formula is C4H2NO2. The van der Waals surface area contributed by atoms with Gasteiger partial charge in [-0.1, -0.05) is 0 Å². The second-order valence-corrected chi connectivity index (χ2v) is 0.968. The molecule has 7 heavy (non-hydrogen) atoms. The molecule has 0 aliphatic heterocycles. The lowest BCUT2D eigenvalue weighted by Gasteiger charge is -1.64. The van der Waals surface area contributed by atoms with Crippen molar-refractivity contribution >= 4 is 6.29 Å². The molecule has 0 bridgehead atoms. The largest absolute Gasteiger partial charge is 0.440 e. The zero-order chi connectivity index (χ0) is 5.11. The second kappa shape index (κ2) is 1.55. The Morgan fingerprint density at radius 3 is 3.00 bits per heavy atom. The molecule has 1 heterocycles. The van der Waals surface area contributed by atoms with E-state index in [4.69, 9.17) is 0 Å². The molecule has 0 aliphatic rings. The van der Waals surface area contributed by atoms with Crippen LogP contribution in [0.2, 0.25) is 0 Å². The van der Waals surface area contributed by atoms with Gasteiger partial charge in [0, 0.05) is 0 Å². The Balaban J connectivity index is 2.96. The normalized spacial score (nSPS) is 8.57. The molecule has 3 heteroatoms. The molecule has 0 saturated carbocycles. The highest BCUT2D eigenvalue weighted by Gasteiger charge is 1.88. The first-order valence-corrected chi connectivity index (χ1v) is 1.70. The van der Waals surface area contributed by atoms with Crippen molar-refractivity contribution in [1.82, 2.24) is 4.98 Å². The molecule has 1 aromatic rings. The fraction of sp³-hybridized carbons (Fsp3) is 0. The van der Waals surface area contributed by atoms with Crippen molar-refractivity contribution < 1.29 is 9.21 Å². The van der Waals surface area contributed by atoms with Crippen LogP contribution in [-0.4, -0.2) is 11.3 Å². The Morgan fingerprint density at radius 2 is 2.71 bits per heavy atom. The predicted octanol–water partition coefficient (Wildman–Crippen LogP) is 0.132. The Hall–Kier alpha value is -1.12. The van der Waals surface area contributed by atoms with Crippen molar-refractivity contribution in [3.63, 3.8) is 0 Å². The van der Waals surface area contributed by atoms with Crippen LogP contribution in [0.1, 0.15) is 5.76 Å². The molecule has 0 saturated heterocycles. The number of nitrogens with zero attached hydrogens (tertiary/aromatic N) is 1. The molecule has 0 amide bonds. The number of oxazole rings is 1. The first-order valence-electron chi connectivity index (χ1n) is 1.70. The van der Waals surface area contributed by atoms with Crippen LogP contribution in [0.4, 0.5) is 0 Å². The summed E-state index contributed by atoms with van der Waals surface area (Å²) in [7, 11) is 0. The van der Waals surface area contributed by atoms with Crippen LogP contribution in [0.15, 0.2) is 17.0 Å². The first-order chi connectivity index (χ1) is 3.43. The molecule has 0 aliphatic carbocycles. The fourth-order valence-electron chi connectivity index (χ4n) is 0.266. The maximum Gasteiger partial charge on any atom is 0.273 e. The van der Waals surface area contributed by atoms with Crippen molar-refractivity contribution in [2.75, 3.05) is 0 Å². The van der Waals surface area contributed by atoms with Crippen LogP contribution in [-0.2, 0) is 4.79 Å². The number of hydrogen-bond donors (Lipinski definition) is 0. The summed E-state index contributed by atoms with van der Waals surface area (Å²) in [5.74, 6) is 0.139. The van der Waals surface area contributed by atoms with Crippen LogP contribution in [0.5, 0.6) is 0 Å². The third-order valence-electron chi connectivity index (χ3n) is 0.533. The third-order valence-corrected chi connectivity index (χ3v) is 0.533. The van der Waals surface area contributed by atoms with Gasteiger partial charge in [0.2, 0.25) is 0 Å². The summed E-state index contributed by atoms with van der Waals surface area (Å²) in [5, 5.41) is 0. The fourth-order valence-corrected chi connectivity index (χ4v) is 0.266. The SMILES string of the molecule is O=[C]c1cnco1. The summed E-state index contributed by atoms with van der Waals surface area (Å²) in [6.45, 7) is 0. The number of aromatic nitrogens is 1. The predicted molar refractivity (Wildman–Crippen MR) is 21.3 cm³/mol. The molecule has 0 aromatic carbocycles. The molecule has 1 aromatic heterocycles. The molecule has 1 radical (unpaired) electrons. The average Bonchev–Trinajstić information content (AvgIpc) is 2.14. The standard InChI is InChI=1S/C4H2NO2/c6-2-4-1-5-3-7-4/h1,3H. The summed E-state index contributed by atoms with van der Waals surface area (Å²) in [5.41, 5.74) is 0. The van der Waals surface area contributed by atoms with Crippen molar-refractivity contribution in [1.29, 1.82) is 0 Å². The van der Waals surface area contributed by atoms with Crippen molar-refractivity contribution in [2.45, 2.75) is 0 Å². The molecule has 35 valence electrons. The van der Waals surface area contributed by atoms with E-state index in [2.05, 4.69) is 9.40 Å². The monoisotopic (exact) mass is 96.0 g/mol. The lowest BCUT2D eigenvalue weighted by molar-refractivity contribution is 0.514. The maximum absolute atomic E-state index is 9.61. The minimum Gasteiger partial charge on any atom is -0.440 e. The quantitative estimate of drug-likeness (QED) is 0.499. The smallest absolute Gasteiger partial charge is 0.273 e. The molecule has 0 spiro atoms. The number of rotatable bonds is 1. The number of hydrogen-bond acceptors (Lipinski definition) is 3. The minimum atomic E-state index is 0.139. The van der Waals surface area contributed by atoms with Gasteiger partial charge in [-0.05, 0) is 0 Å². The van der Waals surface area contributed by atoms with E-state index in [1.807, 2.05) is 0 Å². The molecule has 3 nitrogen and oxygen atoms in total. The van der Waals surface area contributed by atoms with E-state index in [0.717, 1.165) is 0 Å². The van der Waals surface area contributed by atoms with E-state index in [9.17, 15) is 4.79 Å². The van der Waals surface area contributed by atoms with Gasteiger partial charge in [0.05, 0.1) is 6.20 Å². The lowest BCUT2D eigenvalue weighted by Crippen LogP contribution is -1.67. The zero-order valence-corrected chi connectivity index (χ0v) is 3.42. The van der Waals surface area contributed by atoms with Crippen LogP contribution in [0.3, 0.4) is 0 Å². The summed E-state index contributed by atoms with van der Waals surface area (Å²) >= 11 is 0. The van der Waals surface area contributed by atoms with Gasteiger partial charge >= 0.3 is 0 Å². The average molecular weight is 96.1 g/mol. The molecular weight excluding hydrogens is 94.0 g/mol. The van der Waals surface area contributed by atoms with Crippen molar-refractivity contribution in [3.8, 4) is 0 Å². The Bertz CT molecular complexity index is 145. The van der Waals surface area contributed by atoms with E-state index < -0.39 is 0 Å². The number of carbonyl (C=O) groups excluding carboxylic acids is 1. The van der Waals surface area contributed by atoms with E-state index >= 15 is 0 Å². The lowest BCUT2D eigenvalue weighted by atomic mass is 10.6. The van der Waals surface area contributed by atoms with Crippen LogP contribution in [0.25, 0.3) is 0 Å². The van der Waals surface area contributed by atoms with Crippen molar-refractivity contribution in [2.24, 2.45) is 0 Å². The maximum atomic E-state index is 9.61. The summed E-state index contributed by atoms with van der Waals surface area (Å²) in [6.07, 6.45) is 4.01. The topological polar surface area (TPSA) is 43.1 Å². The van der Waals surface area contributed by atoms with Crippen LogP contribution >= 0.6 is 0 Å². The van der Waals surface area contributed by atoms with Gasteiger partial charge in [0.25, 0.3) is 6.29 Å². The molecule has 0 unspecified atom stereocenters. The van der Waals surface area contributed by atoms with E-state index in [0.29, 0.717) is 0 Å². The van der Waals surface area contributed by atoms with Crippen molar-refractivity contribution in [3.05, 3.63) is 18.4 Å². The highest BCUT2D eigenvalue weighted by Crippen LogP contribution is 1.87. The molecule has 0 fully saturated rings. The first kappa shape index (κ1) is 4.05. The van der Waals surface area contributed by atoms with Gasteiger partial charge in [-0.15, -0.1) is 0 Å². The Morgan fingerprint density at radius 1 is 1.86 bits per heavy atom. The zero-order valence-electron chi connectivity index (χ0n) is 3.42. The Kier molecular flexibility index (Phi) is 0.898. The van der Waals surface area contributed by atoms with E-state index in [1.54, 1.807) is 0 Å². The van der Waals surface area contributed by atoms with E-state index in [-0.39, 0.29) is 5.76 Å². The van der Waals surface area contributed by atoms with Gasteiger partial charge < -0.3 is 4.42 Å². The third kappa shape index (κ3) is 0.652. The van der Waals surface area contributed by atoms with Gasteiger partial charge in [-0.25, -0.2) is 4.98 Å². The summed E-state index contributed by atoms with van der Waals surface area (Å²) < 4.78 is 4.45. The summed E-state index contributed by atoms with van der Waals surface area (Å²) in [6, 6.07) is 0. The van der Waals surface area contributed by atoms with Gasteiger partial charge in [-0.2, -0.15) is 0 Å². The molecule has 1 rings (SSSR count). The van der Waals surface area contributed by atoms with Crippen LogP contribution < -0.4 is 0 Å². The van der Waals surface area contributed by atoms with Gasteiger partial charge in [-0.3, -0.25) is 4.79 Å². The molecule has 0 atom stereocenters. The highest BCUT2D eigenvalue weighted by atomic mass is 16.3. The highest BCUT2D eigenvalue weighted by molar-refractivity contribution is 5.69. The Labute approximate surface area is 40.0 Å². The van der Waals surface area contributed by atoms with Crippen LogP contribution in [0, 0.1) is 0 Å². The van der Waals surface area contributed by atoms with Gasteiger partial charge in [0.15, 0.2) is 12.2 Å². The summed E-state index contributed by atoms with van der Waals surface area (Å²) in [4.78, 5) is 13.1. The second-order valence-electron chi connectivity index (χ2n) is 0.968. The molecule has 0 N–H and O–H groups in total. The van der Waals surface area contributed by atoms with E-state index in [1.165, 1.54) is 18.9 Å². The van der Waals surface area contributed by atoms with Gasteiger partial charge in [0.1, 0.15) is 0 Å².